The van der Waals surface area contributed by atoms with Gasteiger partial charge in [-0.1, -0.05) is 68.0 Å². The van der Waals surface area contributed by atoms with E-state index in [0.29, 0.717) is 0 Å². The minimum Gasteiger partial charge on any atom is -0.358 e. The molecule has 0 saturated heterocycles. The van der Waals surface area contributed by atoms with Crippen molar-refractivity contribution in [2.24, 2.45) is 0 Å². The maximum absolute atomic E-state index is 3.57. The average Bonchev–Trinajstić information content (AvgIpc) is 3.26. The molecule has 0 unspecified atom stereocenters. The second-order valence-electron chi connectivity index (χ2n) is 5.72. The Morgan fingerprint density at radius 1 is 0.800 bits per heavy atom. The van der Waals surface area contributed by atoms with Crippen LogP contribution in [0.3, 0.4) is 0 Å². The zero-order chi connectivity index (χ0) is 15.2. The van der Waals surface area contributed by atoms with E-state index >= 15 is 0 Å². The predicted octanol–water partition coefficient (Wildman–Crippen LogP) is 9.33. The summed E-state index contributed by atoms with van der Waals surface area (Å²) in [6.07, 6.45) is 8.27. The first-order valence-electron chi connectivity index (χ1n) is 8.17. The van der Waals surface area contributed by atoms with Gasteiger partial charge < -0.3 is 52.0 Å². The van der Waals surface area contributed by atoms with Crippen LogP contribution >= 0.6 is 0 Å². The fraction of sp³-hybridized carbons (Fsp3) is 0.172. The van der Waals surface area contributed by atoms with Crippen molar-refractivity contribution in [3.05, 3.63) is 136 Å². The molecule has 1 aliphatic carbocycles. The van der Waals surface area contributed by atoms with Crippen molar-refractivity contribution < 1.29 is 25.8 Å². The second-order valence-corrected chi connectivity index (χ2v) is 5.72. The first kappa shape index (κ1) is 42.7. The Kier molecular flexibility index (Phi) is 31.8. The number of fused-ring (bicyclic) bond motifs is 3. The second kappa shape index (κ2) is 22.3. The van der Waals surface area contributed by atoms with Crippen LogP contribution in [0.25, 0.3) is 16.3 Å². The molecule has 0 bridgehead atoms. The molecular formula is C29H43Hf-9. The van der Waals surface area contributed by atoms with Gasteiger partial charge in [-0.3, -0.25) is 6.08 Å². The largest absolute Gasteiger partial charge is 0.358 e. The van der Waals surface area contributed by atoms with Crippen LogP contribution in [0.2, 0.25) is 0 Å². The molecule has 0 amide bonds. The Hall–Kier alpha value is -1.34. The van der Waals surface area contributed by atoms with Gasteiger partial charge in [0.05, 0.1) is 0 Å². The van der Waals surface area contributed by atoms with Crippen LogP contribution in [0.1, 0.15) is 37.3 Å². The molecule has 0 radical (unpaired) electrons. The minimum absolute atomic E-state index is 0. The molecule has 0 aliphatic heterocycles. The van der Waals surface area contributed by atoms with Crippen LogP contribution in [0.15, 0.2) is 66.7 Å². The van der Waals surface area contributed by atoms with Crippen LogP contribution in [-0.2, 0) is 32.3 Å². The molecule has 4 rings (SSSR count). The zero-order valence-electron chi connectivity index (χ0n) is 20.7. The van der Waals surface area contributed by atoms with E-state index in [-0.39, 0.29) is 77.8 Å². The summed E-state index contributed by atoms with van der Waals surface area (Å²) in [6, 6.07) is 23.2. The van der Waals surface area contributed by atoms with Gasteiger partial charge in [0.1, 0.15) is 0 Å². The van der Waals surface area contributed by atoms with Gasteiger partial charge in [0.25, 0.3) is 0 Å². The Balaban J connectivity index is -0.0000000997. The Morgan fingerprint density at radius 3 is 1.93 bits per heavy atom. The van der Waals surface area contributed by atoms with E-state index in [4.69, 9.17) is 0 Å². The number of rotatable bonds is 3. The van der Waals surface area contributed by atoms with Crippen molar-refractivity contribution >= 4 is 16.3 Å². The molecule has 0 N–H and O–H groups in total. The summed E-state index contributed by atoms with van der Waals surface area (Å²) >= 11 is 0. The minimum atomic E-state index is 0. The number of benzene rings is 2. The molecule has 1 aliphatic rings. The summed E-state index contributed by atoms with van der Waals surface area (Å²) in [4.78, 5) is 0. The average molecular weight is 570 g/mol. The Bertz CT molecular complexity index is 734. The van der Waals surface area contributed by atoms with E-state index < -0.39 is 0 Å². The van der Waals surface area contributed by atoms with Gasteiger partial charge >= 0.3 is 0 Å². The molecular weight excluding hydrogens is 527 g/mol. The van der Waals surface area contributed by atoms with Crippen LogP contribution < -0.4 is 0 Å². The van der Waals surface area contributed by atoms with Gasteiger partial charge in [-0.05, 0) is 5.39 Å². The van der Waals surface area contributed by atoms with Crippen LogP contribution in [-0.4, -0.2) is 0 Å². The van der Waals surface area contributed by atoms with Gasteiger partial charge in [0, 0.05) is 25.8 Å². The van der Waals surface area contributed by atoms with Gasteiger partial charge in [-0.15, -0.1) is 12.0 Å². The molecule has 0 saturated carbocycles. The molecule has 1 heteroatoms. The van der Waals surface area contributed by atoms with Crippen molar-refractivity contribution in [1.82, 2.24) is 0 Å². The van der Waals surface area contributed by atoms with Gasteiger partial charge in [0.15, 0.2) is 0 Å². The third-order valence-electron chi connectivity index (χ3n) is 4.15. The molecule has 0 fully saturated rings. The molecule has 0 atom stereocenters. The molecule has 30 heavy (non-hydrogen) atoms. The molecule has 0 nitrogen and oxygen atoms in total. The van der Waals surface area contributed by atoms with Crippen molar-refractivity contribution in [2.45, 2.75) is 32.6 Å². The summed E-state index contributed by atoms with van der Waals surface area (Å²) in [7, 11) is 0. The van der Waals surface area contributed by atoms with E-state index in [1.807, 2.05) is 30.3 Å². The quantitative estimate of drug-likeness (QED) is 0.218. The summed E-state index contributed by atoms with van der Waals surface area (Å²) in [5.41, 5.74) is 4.37. The van der Waals surface area contributed by atoms with Gasteiger partial charge in [-0.25, -0.2) is 17.7 Å². The van der Waals surface area contributed by atoms with Crippen LogP contribution in [0.5, 0.6) is 0 Å². The summed E-state index contributed by atoms with van der Waals surface area (Å²) in [5, 5.41) is 2.75. The van der Waals surface area contributed by atoms with E-state index in [1.165, 1.54) is 46.7 Å². The monoisotopic (exact) mass is 571 g/mol. The number of allylic oxidation sites excluding steroid dienone is 2. The first-order chi connectivity index (χ1) is 10.9. The smallest absolute Gasteiger partial charge is 0 e. The van der Waals surface area contributed by atoms with Crippen LogP contribution in [0.4, 0.5) is 0 Å². The zero-order valence-corrected chi connectivity index (χ0v) is 24.3. The number of hydrogen-bond donors (Lipinski definition) is 0. The molecule has 0 aromatic heterocycles. The molecule has 172 valence electrons. The summed E-state index contributed by atoms with van der Waals surface area (Å²) < 4.78 is 0. The first-order valence-corrected chi connectivity index (χ1v) is 8.17. The topological polar surface area (TPSA) is 0 Å². The van der Waals surface area contributed by atoms with Crippen molar-refractivity contribution in [3.8, 4) is 0 Å². The maximum Gasteiger partial charge on any atom is 0 e. The van der Waals surface area contributed by atoms with Crippen LogP contribution in [0, 0.1) is 58.1 Å². The van der Waals surface area contributed by atoms with Gasteiger partial charge in [-0.2, -0.15) is 23.8 Å². The van der Waals surface area contributed by atoms with Gasteiger partial charge in [0.2, 0.25) is 0 Å². The maximum atomic E-state index is 3.57. The Labute approximate surface area is 210 Å². The fourth-order valence-corrected chi connectivity index (χ4v) is 3.00. The third kappa shape index (κ3) is 10.6. The summed E-state index contributed by atoms with van der Waals surface area (Å²) in [6.45, 7) is 2.25. The predicted molar refractivity (Wildman–Crippen MR) is 141 cm³/mol. The standard InChI is InChI=1S/C17H17.C5H5.7CH3.Hf/c1-2-3-6-14-11-12-15-10-9-13-7-4-5-8-16(13)17(14)15;1-2-4-5-3-1;;;;;;;;/h4-5,7-10H,2-3,6,12H2,1H3;1-5H;7*1H3;/q9*-1;. The van der Waals surface area contributed by atoms with E-state index in [0.717, 1.165) is 6.42 Å². The number of hydrogen-bond acceptors (Lipinski definition) is 0. The third-order valence-corrected chi connectivity index (χ3v) is 4.15. The van der Waals surface area contributed by atoms with Crippen molar-refractivity contribution in [2.75, 3.05) is 0 Å². The van der Waals surface area contributed by atoms with E-state index in [1.54, 1.807) is 0 Å². The van der Waals surface area contributed by atoms with Crippen molar-refractivity contribution in [3.63, 3.8) is 0 Å². The molecule has 0 spiro atoms. The van der Waals surface area contributed by atoms with Crippen molar-refractivity contribution in [1.29, 1.82) is 0 Å². The fourth-order valence-electron chi connectivity index (χ4n) is 3.00. The summed E-state index contributed by atoms with van der Waals surface area (Å²) in [5.74, 6) is 0. The number of unbranched alkanes of at least 4 members (excludes halogenated alkanes) is 1. The SMILES string of the molecule is CCCCC1=[C-]Cc2ccc3ccccc3c21.[CH3-].[CH3-].[CH3-].[CH3-].[CH3-].[CH3-].[CH3-].[Hf].c1cc[cH-]c1. The molecule has 3 aromatic carbocycles. The molecule has 0 heterocycles. The Morgan fingerprint density at radius 2 is 1.40 bits per heavy atom. The normalized spacial score (nSPS) is 9.17. The van der Waals surface area contributed by atoms with E-state index in [9.17, 15) is 0 Å². The van der Waals surface area contributed by atoms with E-state index in [2.05, 4.69) is 49.4 Å². The molecule has 3 aromatic rings.